The fourth-order valence-electron chi connectivity index (χ4n) is 4.66. The number of carbonyl (C=O) groups excluding carboxylic acids is 2. The fourth-order valence-corrected chi connectivity index (χ4v) is 4.84. The molecular weight excluding hydrogens is 486 g/mol. The lowest BCUT2D eigenvalue weighted by Gasteiger charge is -2.26. The van der Waals surface area contributed by atoms with Crippen molar-refractivity contribution in [2.45, 2.75) is 19.9 Å². The summed E-state index contributed by atoms with van der Waals surface area (Å²) in [5.74, 6) is -0.844. The number of amides is 1. The summed E-state index contributed by atoms with van der Waals surface area (Å²) in [6, 6.07) is 26.4. The molecule has 0 saturated carbocycles. The van der Waals surface area contributed by atoms with Gasteiger partial charge in [0.15, 0.2) is 0 Å². The summed E-state index contributed by atoms with van der Waals surface area (Å²) < 4.78 is 5.83. The van der Waals surface area contributed by atoms with Crippen LogP contribution in [0.1, 0.15) is 31.0 Å². The average Bonchev–Trinajstić information content (AvgIpc) is 3.16. The van der Waals surface area contributed by atoms with Gasteiger partial charge in [0, 0.05) is 16.3 Å². The summed E-state index contributed by atoms with van der Waals surface area (Å²) >= 11 is 6.26. The van der Waals surface area contributed by atoms with Gasteiger partial charge in [-0.15, -0.1) is 0 Å². The van der Waals surface area contributed by atoms with E-state index in [-0.39, 0.29) is 11.3 Å². The highest BCUT2D eigenvalue weighted by Crippen LogP contribution is 2.44. The van der Waals surface area contributed by atoms with E-state index in [1.165, 1.54) is 4.90 Å². The number of rotatable bonds is 6. The molecule has 0 bridgehead atoms. The van der Waals surface area contributed by atoms with E-state index in [1.54, 1.807) is 48.5 Å². The second-order valence-corrected chi connectivity index (χ2v) is 9.89. The van der Waals surface area contributed by atoms with E-state index in [9.17, 15) is 14.7 Å². The first kappa shape index (κ1) is 24.6. The van der Waals surface area contributed by atoms with Crippen LogP contribution in [-0.4, -0.2) is 23.4 Å². The van der Waals surface area contributed by atoms with Gasteiger partial charge in [-0.25, -0.2) is 0 Å². The van der Waals surface area contributed by atoms with Crippen LogP contribution in [0.3, 0.4) is 0 Å². The Hall–Kier alpha value is -4.09. The minimum Gasteiger partial charge on any atom is -0.507 e. The van der Waals surface area contributed by atoms with Crippen molar-refractivity contribution in [1.82, 2.24) is 0 Å². The highest BCUT2D eigenvalue weighted by Gasteiger charge is 2.47. The Kier molecular flexibility index (Phi) is 6.72. The molecule has 0 radical (unpaired) electrons. The number of carbonyl (C=O) groups is 2. The molecule has 1 unspecified atom stereocenters. The summed E-state index contributed by atoms with van der Waals surface area (Å²) in [4.78, 5) is 28.4. The lowest BCUT2D eigenvalue weighted by molar-refractivity contribution is -0.132. The molecule has 1 saturated heterocycles. The number of aliphatic hydroxyl groups is 1. The molecule has 1 fully saturated rings. The third kappa shape index (κ3) is 4.70. The molecule has 37 heavy (non-hydrogen) atoms. The smallest absolute Gasteiger partial charge is 0.300 e. The van der Waals surface area contributed by atoms with E-state index >= 15 is 0 Å². The Balaban J connectivity index is 1.73. The number of benzene rings is 4. The maximum absolute atomic E-state index is 13.5. The van der Waals surface area contributed by atoms with E-state index in [0.717, 1.165) is 16.3 Å². The predicted molar refractivity (Wildman–Crippen MR) is 147 cm³/mol. The third-order valence-electron chi connectivity index (χ3n) is 6.34. The molecule has 186 valence electrons. The van der Waals surface area contributed by atoms with Crippen LogP contribution in [-0.2, 0) is 9.59 Å². The van der Waals surface area contributed by atoms with Crippen LogP contribution in [0.5, 0.6) is 5.75 Å². The first-order valence-corrected chi connectivity index (χ1v) is 12.5. The molecule has 1 amide bonds. The van der Waals surface area contributed by atoms with Crippen molar-refractivity contribution in [3.8, 4) is 5.75 Å². The Bertz CT molecular complexity index is 1540. The summed E-state index contributed by atoms with van der Waals surface area (Å²) in [7, 11) is 0. The second kappa shape index (κ2) is 10.1. The van der Waals surface area contributed by atoms with Crippen LogP contribution in [0.2, 0.25) is 5.02 Å². The van der Waals surface area contributed by atoms with Crippen molar-refractivity contribution in [3.05, 3.63) is 113 Å². The first-order chi connectivity index (χ1) is 17.8. The van der Waals surface area contributed by atoms with Crippen molar-refractivity contribution in [2.24, 2.45) is 5.92 Å². The summed E-state index contributed by atoms with van der Waals surface area (Å²) in [5.41, 5.74) is 1.62. The predicted octanol–water partition coefficient (Wildman–Crippen LogP) is 7.15. The Morgan fingerprint density at radius 1 is 0.946 bits per heavy atom. The van der Waals surface area contributed by atoms with Gasteiger partial charge in [0.1, 0.15) is 11.5 Å². The van der Waals surface area contributed by atoms with Crippen molar-refractivity contribution < 1.29 is 19.4 Å². The molecule has 5 nitrogen and oxygen atoms in total. The van der Waals surface area contributed by atoms with Crippen LogP contribution in [0.4, 0.5) is 5.69 Å². The molecule has 1 atom stereocenters. The van der Waals surface area contributed by atoms with Crippen LogP contribution in [0, 0.1) is 5.92 Å². The molecule has 6 heteroatoms. The van der Waals surface area contributed by atoms with Crippen molar-refractivity contribution in [3.63, 3.8) is 0 Å². The van der Waals surface area contributed by atoms with Gasteiger partial charge in [0.25, 0.3) is 11.7 Å². The quantitative estimate of drug-likeness (QED) is 0.169. The third-order valence-corrected chi connectivity index (χ3v) is 6.57. The fraction of sp³-hybridized carbons (Fsp3) is 0.161. The van der Waals surface area contributed by atoms with E-state index in [4.69, 9.17) is 16.3 Å². The van der Waals surface area contributed by atoms with Crippen LogP contribution < -0.4 is 9.64 Å². The number of fused-ring (bicyclic) bond motifs is 1. The largest absolute Gasteiger partial charge is 0.507 e. The summed E-state index contributed by atoms with van der Waals surface area (Å²) in [5, 5.41) is 13.8. The number of ether oxygens (including phenoxy) is 1. The normalized spacial score (nSPS) is 17.1. The van der Waals surface area contributed by atoms with Gasteiger partial charge in [-0.05, 0) is 52.6 Å². The molecule has 0 aromatic heterocycles. The lowest BCUT2D eigenvalue weighted by Crippen LogP contribution is -2.29. The molecule has 0 spiro atoms. The highest BCUT2D eigenvalue weighted by molar-refractivity contribution is 6.52. The molecule has 1 heterocycles. The van der Waals surface area contributed by atoms with Crippen LogP contribution in [0.15, 0.2) is 96.6 Å². The number of ketones is 1. The van der Waals surface area contributed by atoms with Gasteiger partial charge >= 0.3 is 0 Å². The van der Waals surface area contributed by atoms with E-state index in [2.05, 4.69) is 0 Å². The number of halogens is 1. The van der Waals surface area contributed by atoms with Gasteiger partial charge in [-0.2, -0.15) is 0 Å². The number of anilines is 1. The molecule has 5 rings (SSSR count). The number of Topliss-reactive ketones (excluding diaryl/α,β-unsaturated/α-hetero) is 1. The zero-order valence-electron chi connectivity index (χ0n) is 20.5. The highest BCUT2D eigenvalue weighted by atomic mass is 35.5. The van der Waals surface area contributed by atoms with Gasteiger partial charge < -0.3 is 9.84 Å². The molecule has 1 N–H and O–H groups in total. The first-order valence-electron chi connectivity index (χ1n) is 12.1. The number of hydrogen-bond acceptors (Lipinski definition) is 4. The molecule has 1 aliphatic rings. The van der Waals surface area contributed by atoms with Crippen molar-refractivity contribution in [2.75, 3.05) is 11.5 Å². The molecule has 1 aliphatic heterocycles. The SMILES string of the molecule is CC(C)COc1cccc(/C(O)=C2/C(=O)C(=O)N(c3cccc(Cl)c3)C2c2cccc3ccccc23)c1. The molecular formula is C31H26ClNO4. The topological polar surface area (TPSA) is 66.8 Å². The maximum atomic E-state index is 13.5. The standard InChI is InChI=1S/C31H26ClNO4/c1-19(2)18-37-24-13-5-10-21(16-24)29(34)27-28(26-15-6-9-20-8-3-4-14-25(20)26)33(31(36)30(27)35)23-12-7-11-22(32)17-23/h3-17,19,28,34H,18H2,1-2H3/b29-27-. The maximum Gasteiger partial charge on any atom is 0.300 e. The molecule has 4 aromatic carbocycles. The zero-order valence-corrected chi connectivity index (χ0v) is 21.3. The Morgan fingerprint density at radius 2 is 1.68 bits per heavy atom. The molecule has 0 aliphatic carbocycles. The monoisotopic (exact) mass is 511 g/mol. The van der Waals surface area contributed by atoms with E-state index in [1.807, 2.05) is 56.3 Å². The van der Waals surface area contributed by atoms with Crippen LogP contribution in [0.25, 0.3) is 16.5 Å². The second-order valence-electron chi connectivity index (χ2n) is 9.45. The lowest BCUT2D eigenvalue weighted by atomic mass is 9.91. The van der Waals surface area contributed by atoms with Crippen molar-refractivity contribution in [1.29, 1.82) is 0 Å². The average molecular weight is 512 g/mol. The van der Waals surface area contributed by atoms with E-state index in [0.29, 0.717) is 34.5 Å². The number of aliphatic hydroxyl groups excluding tert-OH is 1. The van der Waals surface area contributed by atoms with E-state index < -0.39 is 17.7 Å². The zero-order chi connectivity index (χ0) is 26.1. The summed E-state index contributed by atoms with van der Waals surface area (Å²) in [6.07, 6.45) is 0. The van der Waals surface area contributed by atoms with Gasteiger partial charge in [0.05, 0.1) is 18.2 Å². The minimum atomic E-state index is -0.857. The van der Waals surface area contributed by atoms with Gasteiger partial charge in [0.2, 0.25) is 0 Å². The van der Waals surface area contributed by atoms with Gasteiger partial charge in [-0.3, -0.25) is 14.5 Å². The Morgan fingerprint density at radius 3 is 2.46 bits per heavy atom. The van der Waals surface area contributed by atoms with Gasteiger partial charge in [-0.1, -0.05) is 86.1 Å². The van der Waals surface area contributed by atoms with Crippen molar-refractivity contribution >= 4 is 45.5 Å². The minimum absolute atomic E-state index is 0.0161. The number of nitrogens with zero attached hydrogens (tertiary/aromatic N) is 1. The Labute approximate surface area is 220 Å². The summed E-state index contributed by atoms with van der Waals surface area (Å²) in [6.45, 7) is 4.61. The number of hydrogen-bond donors (Lipinski definition) is 1. The molecule has 4 aromatic rings. The van der Waals surface area contributed by atoms with Crippen LogP contribution >= 0.6 is 11.6 Å².